The number of fused-ring (bicyclic) bond motifs is 1. The van der Waals surface area contributed by atoms with Crippen LogP contribution in [0.4, 0.5) is 11.5 Å². The van der Waals surface area contributed by atoms with Crippen LogP contribution in [0.5, 0.6) is 0 Å². The van der Waals surface area contributed by atoms with E-state index in [-0.39, 0.29) is 11.8 Å². The SMILES string of the molecule is Cn1nnc2c(N3CC(C(=O)Nc4ccc(-n5cnnn5)cc4)C3)ncnc21. The lowest BCUT2D eigenvalue weighted by Crippen LogP contribution is -2.52. The average Bonchev–Trinajstić information content (AvgIpc) is 3.32. The van der Waals surface area contributed by atoms with E-state index in [9.17, 15) is 4.79 Å². The highest BCUT2D eigenvalue weighted by molar-refractivity contribution is 5.95. The smallest absolute Gasteiger partial charge is 0.231 e. The van der Waals surface area contributed by atoms with Gasteiger partial charge in [0.1, 0.15) is 12.7 Å². The summed E-state index contributed by atoms with van der Waals surface area (Å²) in [4.78, 5) is 23.0. The van der Waals surface area contributed by atoms with E-state index in [2.05, 4.69) is 41.1 Å². The van der Waals surface area contributed by atoms with Crippen molar-refractivity contribution in [2.45, 2.75) is 0 Å². The van der Waals surface area contributed by atoms with Crippen LogP contribution in [0.15, 0.2) is 36.9 Å². The lowest BCUT2D eigenvalue weighted by molar-refractivity contribution is -0.120. The highest BCUT2D eigenvalue weighted by atomic mass is 16.2. The molecule has 1 fully saturated rings. The van der Waals surface area contributed by atoms with Gasteiger partial charge in [-0.1, -0.05) is 5.21 Å². The molecule has 5 rings (SSSR count). The highest BCUT2D eigenvalue weighted by Crippen LogP contribution is 2.28. The third-order valence-corrected chi connectivity index (χ3v) is 4.67. The first kappa shape index (κ1) is 16.2. The number of tetrazole rings is 1. The molecule has 1 N–H and O–H groups in total. The first-order valence-corrected chi connectivity index (χ1v) is 8.58. The molecule has 1 amide bonds. The number of carbonyl (C=O) groups excluding carboxylic acids is 1. The summed E-state index contributed by atoms with van der Waals surface area (Å²) in [5.74, 6) is 0.546. The zero-order valence-corrected chi connectivity index (χ0v) is 14.8. The monoisotopic (exact) mass is 377 g/mol. The molecule has 12 nitrogen and oxygen atoms in total. The highest BCUT2D eigenvalue weighted by Gasteiger charge is 2.35. The Morgan fingerprint density at radius 3 is 2.71 bits per heavy atom. The first-order valence-electron chi connectivity index (χ1n) is 8.58. The van der Waals surface area contributed by atoms with Gasteiger partial charge in [-0.3, -0.25) is 4.79 Å². The van der Waals surface area contributed by atoms with Crippen LogP contribution >= 0.6 is 0 Å². The average molecular weight is 377 g/mol. The third-order valence-electron chi connectivity index (χ3n) is 4.67. The van der Waals surface area contributed by atoms with Gasteiger partial charge in [0.15, 0.2) is 17.0 Å². The maximum atomic E-state index is 12.5. The third kappa shape index (κ3) is 2.71. The van der Waals surface area contributed by atoms with Crippen LogP contribution in [-0.2, 0) is 11.8 Å². The van der Waals surface area contributed by atoms with Crippen LogP contribution in [0.25, 0.3) is 16.9 Å². The van der Waals surface area contributed by atoms with Gasteiger partial charge in [-0.05, 0) is 34.7 Å². The normalized spacial score (nSPS) is 14.2. The second kappa shape index (κ2) is 6.33. The summed E-state index contributed by atoms with van der Waals surface area (Å²) in [5.41, 5.74) is 2.84. The molecular formula is C16H15N11O. The van der Waals surface area contributed by atoms with Crippen LogP contribution in [0.2, 0.25) is 0 Å². The largest absolute Gasteiger partial charge is 0.353 e. The van der Waals surface area contributed by atoms with Gasteiger partial charge in [0.05, 0.1) is 11.6 Å². The Bertz CT molecular complexity index is 1130. The zero-order chi connectivity index (χ0) is 19.1. The van der Waals surface area contributed by atoms with Crippen LogP contribution < -0.4 is 10.2 Å². The summed E-state index contributed by atoms with van der Waals surface area (Å²) < 4.78 is 3.15. The van der Waals surface area contributed by atoms with Crippen LogP contribution in [0, 0.1) is 5.92 Å². The molecule has 0 aliphatic carbocycles. The maximum Gasteiger partial charge on any atom is 0.231 e. The predicted octanol–water partition coefficient (Wildman–Crippen LogP) is -0.191. The molecule has 0 radical (unpaired) electrons. The summed E-state index contributed by atoms with van der Waals surface area (Å²) >= 11 is 0. The minimum Gasteiger partial charge on any atom is -0.353 e. The van der Waals surface area contributed by atoms with Crippen LogP contribution in [0.1, 0.15) is 0 Å². The van der Waals surface area contributed by atoms with Gasteiger partial charge in [0.25, 0.3) is 0 Å². The fourth-order valence-electron chi connectivity index (χ4n) is 3.11. The van der Waals surface area contributed by atoms with E-state index >= 15 is 0 Å². The van der Waals surface area contributed by atoms with Gasteiger partial charge in [0.2, 0.25) is 5.91 Å². The Hall–Kier alpha value is -3.96. The molecule has 140 valence electrons. The van der Waals surface area contributed by atoms with Crippen molar-refractivity contribution in [1.29, 1.82) is 0 Å². The number of aromatic nitrogens is 9. The molecule has 1 aliphatic rings. The molecular weight excluding hydrogens is 362 g/mol. The fraction of sp³-hybridized carbons (Fsp3) is 0.250. The predicted molar refractivity (Wildman–Crippen MR) is 97.6 cm³/mol. The standard InChI is InChI=1S/C16H15N11O/c1-25-14-13(21-23-25)15(18-8-17-14)26-6-10(7-26)16(28)20-11-2-4-12(5-3-11)27-9-19-22-24-27/h2-5,8-10H,6-7H2,1H3,(H,20,28). The van der Waals surface area contributed by atoms with Crippen molar-refractivity contribution in [2.75, 3.05) is 23.3 Å². The summed E-state index contributed by atoms with van der Waals surface area (Å²) in [7, 11) is 1.78. The molecule has 1 aliphatic heterocycles. The van der Waals surface area contributed by atoms with Gasteiger partial charge < -0.3 is 10.2 Å². The van der Waals surface area contributed by atoms with Crippen molar-refractivity contribution in [3.63, 3.8) is 0 Å². The number of anilines is 2. The number of aryl methyl sites for hydroxylation is 1. The topological polar surface area (TPSA) is 132 Å². The lowest BCUT2D eigenvalue weighted by atomic mass is 9.99. The number of hydrogen-bond donors (Lipinski definition) is 1. The Kier molecular flexibility index (Phi) is 3.67. The van der Waals surface area contributed by atoms with E-state index in [1.807, 2.05) is 29.2 Å². The minimum absolute atomic E-state index is 0.0316. The van der Waals surface area contributed by atoms with Gasteiger partial charge in [0, 0.05) is 25.8 Å². The summed E-state index contributed by atoms with van der Waals surface area (Å²) in [6.45, 7) is 1.13. The summed E-state index contributed by atoms with van der Waals surface area (Å²) in [6.07, 6.45) is 3.00. The number of rotatable bonds is 4. The van der Waals surface area contributed by atoms with Crippen molar-refractivity contribution in [1.82, 2.24) is 45.2 Å². The Morgan fingerprint density at radius 2 is 1.96 bits per heavy atom. The van der Waals surface area contributed by atoms with E-state index in [1.165, 1.54) is 12.7 Å². The molecule has 1 saturated heterocycles. The number of benzene rings is 1. The van der Waals surface area contributed by atoms with Gasteiger partial charge in [-0.15, -0.1) is 10.2 Å². The van der Waals surface area contributed by atoms with Crippen molar-refractivity contribution < 1.29 is 4.79 Å². The Labute approximate surface area is 158 Å². The van der Waals surface area contributed by atoms with E-state index < -0.39 is 0 Å². The molecule has 1 aromatic carbocycles. The van der Waals surface area contributed by atoms with Crippen molar-refractivity contribution >= 4 is 28.6 Å². The van der Waals surface area contributed by atoms with E-state index in [0.717, 1.165) is 11.4 Å². The molecule has 3 aromatic heterocycles. The first-order chi connectivity index (χ1) is 13.7. The van der Waals surface area contributed by atoms with E-state index in [1.54, 1.807) is 16.4 Å². The van der Waals surface area contributed by atoms with Crippen molar-refractivity contribution in [3.05, 3.63) is 36.9 Å². The Balaban J connectivity index is 1.23. The van der Waals surface area contributed by atoms with E-state index in [0.29, 0.717) is 30.1 Å². The van der Waals surface area contributed by atoms with Crippen molar-refractivity contribution in [2.24, 2.45) is 13.0 Å². The quantitative estimate of drug-likeness (QED) is 0.514. The number of amides is 1. The molecule has 0 saturated carbocycles. The van der Waals surface area contributed by atoms with Gasteiger partial charge in [-0.2, -0.15) is 0 Å². The van der Waals surface area contributed by atoms with Gasteiger partial charge in [-0.25, -0.2) is 19.3 Å². The Morgan fingerprint density at radius 1 is 1.14 bits per heavy atom. The molecule has 0 atom stereocenters. The number of carbonyl (C=O) groups is 1. The lowest BCUT2D eigenvalue weighted by Gasteiger charge is -2.38. The van der Waals surface area contributed by atoms with Crippen LogP contribution in [0.3, 0.4) is 0 Å². The molecule has 0 bridgehead atoms. The fourth-order valence-corrected chi connectivity index (χ4v) is 3.11. The van der Waals surface area contributed by atoms with Crippen molar-refractivity contribution in [3.8, 4) is 5.69 Å². The minimum atomic E-state index is -0.124. The molecule has 28 heavy (non-hydrogen) atoms. The number of nitrogens with zero attached hydrogens (tertiary/aromatic N) is 10. The molecule has 4 aromatic rings. The summed E-state index contributed by atoms with van der Waals surface area (Å²) in [5, 5.41) is 22.1. The van der Waals surface area contributed by atoms with E-state index in [4.69, 9.17) is 0 Å². The molecule has 12 heteroatoms. The number of nitrogens with one attached hydrogen (secondary N) is 1. The zero-order valence-electron chi connectivity index (χ0n) is 14.8. The maximum absolute atomic E-state index is 12.5. The second-order valence-corrected chi connectivity index (χ2v) is 6.47. The number of hydrogen-bond acceptors (Lipinski definition) is 9. The molecule has 4 heterocycles. The summed E-state index contributed by atoms with van der Waals surface area (Å²) in [6, 6.07) is 7.31. The molecule has 0 unspecified atom stereocenters. The van der Waals surface area contributed by atoms with Gasteiger partial charge >= 0.3 is 0 Å². The second-order valence-electron chi connectivity index (χ2n) is 6.47. The molecule has 0 spiro atoms. The van der Waals surface area contributed by atoms with Crippen LogP contribution in [-0.4, -0.2) is 64.2 Å².